The molecule has 0 aromatic rings. The molecular formula is C5H6O7. The molecule has 0 aliphatic carbocycles. The summed E-state index contributed by atoms with van der Waals surface area (Å²) in [7, 11) is 0. The number of aliphatic carboxylic acids is 2. The lowest BCUT2D eigenvalue weighted by Gasteiger charge is -2.06. The highest BCUT2D eigenvalue weighted by molar-refractivity contribution is 6.11. The van der Waals surface area contributed by atoms with Crippen molar-refractivity contribution in [2.75, 3.05) is 0 Å². The number of carboxylic acids is 2. The van der Waals surface area contributed by atoms with E-state index in [0.717, 1.165) is 0 Å². The van der Waals surface area contributed by atoms with E-state index < -0.39 is 29.9 Å². The van der Waals surface area contributed by atoms with Crippen LogP contribution in [0.5, 0.6) is 0 Å². The van der Waals surface area contributed by atoms with Crippen LogP contribution in [0.4, 0.5) is 0 Å². The van der Waals surface area contributed by atoms with Crippen molar-refractivity contribution in [2.45, 2.75) is 12.2 Å². The number of rotatable bonds is 4. The Bertz CT molecular complexity index is 198. The van der Waals surface area contributed by atoms with Crippen LogP contribution in [-0.4, -0.2) is 50.4 Å². The van der Waals surface area contributed by atoms with Gasteiger partial charge < -0.3 is 20.4 Å². The first-order valence-electron chi connectivity index (χ1n) is 2.73. The smallest absolute Gasteiger partial charge is 0.340 e. The van der Waals surface area contributed by atoms with Gasteiger partial charge in [-0.3, -0.25) is 4.79 Å². The van der Waals surface area contributed by atoms with Gasteiger partial charge in [-0.25, -0.2) is 9.59 Å². The Kier molecular flexibility index (Phi) is 3.32. The number of carboxylic acid groups (broad SMARTS) is 2. The minimum Gasteiger partial charge on any atom is -0.479 e. The monoisotopic (exact) mass is 178 g/mol. The van der Waals surface area contributed by atoms with Crippen molar-refractivity contribution in [2.24, 2.45) is 0 Å². The maximum Gasteiger partial charge on any atom is 0.340 e. The van der Waals surface area contributed by atoms with Gasteiger partial charge >= 0.3 is 11.9 Å². The molecule has 1 unspecified atom stereocenters. The van der Waals surface area contributed by atoms with Gasteiger partial charge in [0.05, 0.1) is 0 Å². The maximum atomic E-state index is 10.5. The predicted octanol–water partition coefficient (Wildman–Crippen LogP) is -2.55. The molecule has 4 N–H and O–H groups in total. The van der Waals surface area contributed by atoms with E-state index in [9.17, 15) is 14.4 Å². The third-order valence-corrected chi connectivity index (χ3v) is 1.01. The molecule has 0 spiro atoms. The average molecular weight is 178 g/mol. The zero-order chi connectivity index (χ0) is 9.89. The topological polar surface area (TPSA) is 132 Å². The number of hydrogen-bond donors (Lipinski definition) is 4. The van der Waals surface area contributed by atoms with Crippen molar-refractivity contribution in [3.05, 3.63) is 0 Å². The molecule has 0 rings (SSSR count). The van der Waals surface area contributed by atoms with Crippen LogP contribution in [0.15, 0.2) is 0 Å². The van der Waals surface area contributed by atoms with Gasteiger partial charge in [0.1, 0.15) is 0 Å². The molecule has 0 heterocycles. The van der Waals surface area contributed by atoms with Gasteiger partial charge in [0.2, 0.25) is 18.0 Å². The summed E-state index contributed by atoms with van der Waals surface area (Å²) in [5.41, 5.74) is 0. The summed E-state index contributed by atoms with van der Waals surface area (Å²) >= 11 is 0. The van der Waals surface area contributed by atoms with Gasteiger partial charge in [-0.1, -0.05) is 0 Å². The van der Waals surface area contributed by atoms with Crippen molar-refractivity contribution < 1.29 is 34.8 Å². The molecule has 68 valence electrons. The fourth-order valence-corrected chi connectivity index (χ4v) is 0.393. The number of carbonyl (C=O) groups excluding carboxylic acids is 1. The van der Waals surface area contributed by atoms with E-state index in [4.69, 9.17) is 20.4 Å². The number of aliphatic hydroxyl groups excluding tert-OH is 2. The Morgan fingerprint density at radius 1 is 0.833 bits per heavy atom. The van der Waals surface area contributed by atoms with Gasteiger partial charge in [0.25, 0.3) is 0 Å². The van der Waals surface area contributed by atoms with E-state index in [1.165, 1.54) is 0 Å². The zero-order valence-corrected chi connectivity index (χ0v) is 5.67. The molecule has 7 nitrogen and oxygen atoms in total. The maximum absolute atomic E-state index is 10.5. The second kappa shape index (κ2) is 3.79. The Morgan fingerprint density at radius 2 is 1.08 bits per heavy atom. The van der Waals surface area contributed by atoms with Crippen LogP contribution in [0.3, 0.4) is 0 Å². The largest absolute Gasteiger partial charge is 0.479 e. The van der Waals surface area contributed by atoms with Crippen LogP contribution in [0.1, 0.15) is 0 Å². The summed E-state index contributed by atoms with van der Waals surface area (Å²) in [6.45, 7) is 0. The lowest BCUT2D eigenvalue weighted by atomic mass is 10.1. The van der Waals surface area contributed by atoms with Gasteiger partial charge in [-0.2, -0.15) is 0 Å². The molecule has 0 aromatic heterocycles. The van der Waals surface area contributed by atoms with Crippen molar-refractivity contribution in [1.29, 1.82) is 0 Å². The predicted molar refractivity (Wildman–Crippen MR) is 32.3 cm³/mol. The van der Waals surface area contributed by atoms with Crippen LogP contribution in [0.2, 0.25) is 0 Å². The minimum atomic E-state index is -2.50. The first-order chi connectivity index (χ1) is 5.37. The molecule has 0 fully saturated rings. The van der Waals surface area contributed by atoms with Gasteiger partial charge in [0, 0.05) is 0 Å². The van der Waals surface area contributed by atoms with Crippen molar-refractivity contribution in [3.8, 4) is 0 Å². The Balaban J connectivity index is 4.39. The Morgan fingerprint density at radius 3 is 1.25 bits per heavy atom. The second-order valence-corrected chi connectivity index (χ2v) is 1.88. The number of ketones is 1. The summed E-state index contributed by atoms with van der Waals surface area (Å²) in [4.78, 5) is 30.3. The normalized spacial score (nSPS) is 14.8. The summed E-state index contributed by atoms with van der Waals surface area (Å²) in [6, 6.07) is 0. The summed E-state index contributed by atoms with van der Waals surface area (Å²) < 4.78 is 0. The van der Waals surface area contributed by atoms with Crippen LogP contribution in [-0.2, 0) is 14.4 Å². The number of carbonyl (C=O) groups is 3. The van der Waals surface area contributed by atoms with E-state index >= 15 is 0 Å². The molecule has 0 aliphatic heterocycles. The first-order valence-corrected chi connectivity index (χ1v) is 2.73. The molecule has 0 amide bonds. The molecule has 0 aromatic carbocycles. The number of hydrogen-bond acceptors (Lipinski definition) is 5. The van der Waals surface area contributed by atoms with Crippen molar-refractivity contribution in [1.82, 2.24) is 0 Å². The van der Waals surface area contributed by atoms with Gasteiger partial charge in [-0.15, -0.1) is 0 Å². The van der Waals surface area contributed by atoms with E-state index in [0.29, 0.717) is 0 Å². The van der Waals surface area contributed by atoms with E-state index in [2.05, 4.69) is 0 Å². The molecule has 0 bridgehead atoms. The highest BCUT2D eigenvalue weighted by Gasteiger charge is 2.33. The number of Topliss-reactive ketones (excluding diaryl/α,β-unsaturated/α-hetero) is 1. The average Bonchev–Trinajstić information content (AvgIpc) is 2.00. The summed E-state index contributed by atoms with van der Waals surface area (Å²) in [6.07, 6.45) is -5.01. The van der Waals surface area contributed by atoms with Crippen molar-refractivity contribution >= 4 is 17.7 Å². The standard InChI is InChI=1S/C5H6O7/c6-1(2(7)4(9)10)3(8)5(11)12/h2-3,7-8H,(H,9,10)(H,11,12)/t2-,3?/m0/s1. The van der Waals surface area contributed by atoms with Crippen molar-refractivity contribution in [3.63, 3.8) is 0 Å². The molecule has 7 heteroatoms. The highest BCUT2D eigenvalue weighted by atomic mass is 16.4. The Labute approximate surface area is 65.9 Å². The fraction of sp³-hybridized carbons (Fsp3) is 0.400. The molecule has 2 atom stereocenters. The van der Waals surface area contributed by atoms with Crippen LogP contribution in [0, 0.1) is 0 Å². The number of aliphatic hydroxyl groups is 2. The molecule has 0 aliphatic rings. The van der Waals surface area contributed by atoms with E-state index in [1.54, 1.807) is 0 Å². The summed E-state index contributed by atoms with van der Waals surface area (Å²) in [5.74, 6) is -5.48. The SMILES string of the molecule is O=C(O)C(O)C(=O)[C@H](O)C(=O)O. The van der Waals surface area contributed by atoms with E-state index in [1.807, 2.05) is 0 Å². The molecule has 0 saturated carbocycles. The van der Waals surface area contributed by atoms with Crippen LogP contribution in [0.25, 0.3) is 0 Å². The molecule has 0 radical (unpaired) electrons. The third-order valence-electron chi connectivity index (χ3n) is 1.01. The summed E-state index contributed by atoms with van der Waals surface area (Å²) in [5, 5.41) is 32.9. The minimum absolute atomic E-state index is 1.67. The van der Waals surface area contributed by atoms with Gasteiger partial charge in [0.15, 0.2) is 0 Å². The van der Waals surface area contributed by atoms with Gasteiger partial charge in [-0.05, 0) is 0 Å². The highest BCUT2D eigenvalue weighted by Crippen LogP contribution is 1.93. The molecule has 0 saturated heterocycles. The molecular weight excluding hydrogens is 172 g/mol. The fourth-order valence-electron chi connectivity index (χ4n) is 0.393. The van der Waals surface area contributed by atoms with E-state index in [-0.39, 0.29) is 0 Å². The Hall–Kier alpha value is -1.47. The lowest BCUT2D eigenvalue weighted by Crippen LogP contribution is -2.41. The quantitative estimate of drug-likeness (QED) is 0.348. The lowest BCUT2D eigenvalue weighted by molar-refractivity contribution is -0.161. The van der Waals surface area contributed by atoms with Crippen LogP contribution < -0.4 is 0 Å². The first kappa shape index (κ1) is 10.5. The second-order valence-electron chi connectivity index (χ2n) is 1.88. The van der Waals surface area contributed by atoms with Crippen LogP contribution >= 0.6 is 0 Å². The zero-order valence-electron chi connectivity index (χ0n) is 5.67. The third kappa shape index (κ3) is 2.29. The molecule has 12 heavy (non-hydrogen) atoms.